The number of nitrogens with one attached hydrogen (secondary N) is 1. The van der Waals surface area contributed by atoms with E-state index in [9.17, 15) is 4.79 Å². The summed E-state index contributed by atoms with van der Waals surface area (Å²) in [6.07, 6.45) is 0. The number of nitrogens with zero attached hydrogens (tertiary/aromatic N) is 2. The van der Waals surface area contributed by atoms with E-state index < -0.39 is 0 Å². The predicted molar refractivity (Wildman–Crippen MR) is 75.2 cm³/mol. The third kappa shape index (κ3) is 4.13. The summed E-state index contributed by atoms with van der Waals surface area (Å²) in [6.45, 7) is 3.89. The molecule has 1 atom stereocenters. The van der Waals surface area contributed by atoms with Crippen LogP contribution in [0.4, 0.5) is 5.69 Å². The van der Waals surface area contributed by atoms with Gasteiger partial charge in [0.25, 0.3) is 0 Å². The quantitative estimate of drug-likeness (QED) is 0.930. The Kier molecular flexibility index (Phi) is 5.32. The van der Waals surface area contributed by atoms with Crippen molar-refractivity contribution in [1.29, 1.82) is 5.26 Å². The summed E-state index contributed by atoms with van der Waals surface area (Å²) in [5.74, 6) is -0.120. The molecule has 5 heteroatoms. The Bertz CT molecular complexity index is 482. The van der Waals surface area contributed by atoms with E-state index in [4.69, 9.17) is 5.26 Å². The van der Waals surface area contributed by atoms with E-state index >= 15 is 0 Å². The Balaban J connectivity index is 2.63. The van der Waals surface area contributed by atoms with Gasteiger partial charge in [-0.05, 0) is 44.7 Å². The molecule has 0 aliphatic rings. The van der Waals surface area contributed by atoms with Gasteiger partial charge in [-0.1, -0.05) is 15.9 Å². The number of carbonyl (C=O) groups excluding carboxylic acids is 1. The Morgan fingerprint density at radius 2 is 2.28 bits per heavy atom. The average Bonchev–Trinajstić information content (AvgIpc) is 2.31. The van der Waals surface area contributed by atoms with E-state index in [-0.39, 0.29) is 18.5 Å². The molecule has 96 valence electrons. The number of anilines is 1. The van der Waals surface area contributed by atoms with Crippen LogP contribution in [0.1, 0.15) is 12.5 Å². The van der Waals surface area contributed by atoms with Crippen LogP contribution in [0, 0.1) is 18.3 Å². The number of benzene rings is 1. The summed E-state index contributed by atoms with van der Waals surface area (Å²) in [5.41, 5.74) is 1.79. The fourth-order valence-electron chi connectivity index (χ4n) is 1.42. The minimum Gasteiger partial charge on any atom is -0.325 e. The Morgan fingerprint density at radius 3 is 2.83 bits per heavy atom. The zero-order valence-corrected chi connectivity index (χ0v) is 12.3. The van der Waals surface area contributed by atoms with Crippen LogP contribution in [0.2, 0.25) is 0 Å². The van der Waals surface area contributed by atoms with E-state index in [1.54, 1.807) is 18.9 Å². The highest BCUT2D eigenvalue weighted by Gasteiger charge is 2.12. The molecule has 1 aromatic rings. The fourth-order valence-corrected chi connectivity index (χ4v) is 1.89. The second-order valence-corrected chi connectivity index (χ2v) is 5.14. The standard InChI is InChI=1S/C13H16BrN3O/c1-9-6-11(14)4-5-12(9)16-13(18)8-17(3)10(2)7-15/h4-6,10H,8H2,1-3H3,(H,16,18). The smallest absolute Gasteiger partial charge is 0.238 e. The number of halogens is 1. The van der Waals surface area contributed by atoms with Crippen LogP contribution < -0.4 is 5.32 Å². The van der Waals surface area contributed by atoms with Gasteiger partial charge in [-0.15, -0.1) is 0 Å². The lowest BCUT2D eigenvalue weighted by atomic mass is 10.2. The summed E-state index contributed by atoms with van der Waals surface area (Å²) in [6, 6.07) is 7.49. The summed E-state index contributed by atoms with van der Waals surface area (Å²) in [5, 5.41) is 11.6. The first-order valence-corrected chi connectivity index (χ1v) is 6.39. The third-order valence-corrected chi connectivity index (χ3v) is 3.20. The number of rotatable bonds is 4. The van der Waals surface area contributed by atoms with Crippen LogP contribution in [0.15, 0.2) is 22.7 Å². The van der Waals surface area contributed by atoms with Crippen molar-refractivity contribution in [3.05, 3.63) is 28.2 Å². The van der Waals surface area contributed by atoms with E-state index in [0.29, 0.717) is 0 Å². The molecule has 0 fully saturated rings. The molecule has 0 aliphatic carbocycles. The number of aryl methyl sites for hydroxylation is 1. The molecular weight excluding hydrogens is 294 g/mol. The lowest BCUT2D eigenvalue weighted by Gasteiger charge is -2.18. The molecule has 0 bridgehead atoms. The highest BCUT2D eigenvalue weighted by molar-refractivity contribution is 9.10. The van der Waals surface area contributed by atoms with Crippen LogP contribution in [-0.2, 0) is 4.79 Å². The molecule has 0 saturated heterocycles. The fraction of sp³-hybridized carbons (Fsp3) is 0.385. The number of nitriles is 1. The molecule has 0 heterocycles. The van der Waals surface area contributed by atoms with Crippen molar-refractivity contribution < 1.29 is 4.79 Å². The summed E-state index contributed by atoms with van der Waals surface area (Å²) < 4.78 is 0.980. The molecule has 1 aromatic carbocycles. The molecule has 4 nitrogen and oxygen atoms in total. The van der Waals surface area contributed by atoms with Crippen molar-refractivity contribution in [1.82, 2.24) is 4.90 Å². The first-order chi connectivity index (χ1) is 8.43. The summed E-state index contributed by atoms with van der Waals surface area (Å²) >= 11 is 3.37. The molecule has 1 N–H and O–H groups in total. The van der Waals surface area contributed by atoms with Gasteiger partial charge in [0, 0.05) is 10.2 Å². The average molecular weight is 310 g/mol. The Morgan fingerprint density at radius 1 is 1.61 bits per heavy atom. The number of hydrogen-bond acceptors (Lipinski definition) is 3. The van der Waals surface area contributed by atoms with E-state index in [0.717, 1.165) is 15.7 Å². The normalized spacial score (nSPS) is 12.0. The molecule has 0 aromatic heterocycles. The van der Waals surface area contributed by atoms with Gasteiger partial charge in [0.2, 0.25) is 5.91 Å². The van der Waals surface area contributed by atoms with Gasteiger partial charge in [0.15, 0.2) is 0 Å². The maximum Gasteiger partial charge on any atom is 0.238 e. The van der Waals surface area contributed by atoms with Gasteiger partial charge in [-0.2, -0.15) is 5.26 Å². The number of hydrogen-bond donors (Lipinski definition) is 1. The molecule has 0 spiro atoms. The minimum absolute atomic E-state index is 0.120. The predicted octanol–water partition coefficient (Wildman–Crippen LogP) is 2.54. The number of amides is 1. The molecular formula is C13H16BrN3O. The zero-order chi connectivity index (χ0) is 13.7. The topological polar surface area (TPSA) is 56.1 Å². The van der Waals surface area contributed by atoms with Crippen LogP contribution >= 0.6 is 15.9 Å². The molecule has 0 saturated carbocycles. The zero-order valence-electron chi connectivity index (χ0n) is 10.7. The second kappa shape index (κ2) is 6.53. The molecule has 0 radical (unpaired) electrons. The van der Waals surface area contributed by atoms with Crippen molar-refractivity contribution in [3.63, 3.8) is 0 Å². The lowest BCUT2D eigenvalue weighted by molar-refractivity contribution is -0.117. The van der Waals surface area contributed by atoms with Crippen LogP contribution in [-0.4, -0.2) is 30.4 Å². The summed E-state index contributed by atoms with van der Waals surface area (Å²) in [7, 11) is 1.75. The van der Waals surface area contributed by atoms with Gasteiger partial charge in [-0.3, -0.25) is 9.69 Å². The SMILES string of the molecule is Cc1cc(Br)ccc1NC(=O)CN(C)C(C)C#N. The first kappa shape index (κ1) is 14.7. The Labute approximate surface area is 116 Å². The van der Waals surface area contributed by atoms with E-state index in [1.807, 2.05) is 25.1 Å². The number of carbonyl (C=O) groups is 1. The van der Waals surface area contributed by atoms with Crippen molar-refractivity contribution in [2.24, 2.45) is 0 Å². The molecule has 1 amide bonds. The van der Waals surface area contributed by atoms with Gasteiger partial charge in [0.05, 0.1) is 18.7 Å². The van der Waals surface area contributed by atoms with Gasteiger partial charge >= 0.3 is 0 Å². The minimum atomic E-state index is -0.276. The van der Waals surface area contributed by atoms with Crippen molar-refractivity contribution >= 4 is 27.5 Å². The van der Waals surface area contributed by atoms with Crippen molar-refractivity contribution in [3.8, 4) is 6.07 Å². The van der Waals surface area contributed by atoms with Crippen LogP contribution in [0.25, 0.3) is 0 Å². The van der Waals surface area contributed by atoms with Crippen molar-refractivity contribution in [2.45, 2.75) is 19.9 Å². The van der Waals surface area contributed by atoms with Gasteiger partial charge < -0.3 is 5.32 Å². The summed E-state index contributed by atoms with van der Waals surface area (Å²) in [4.78, 5) is 13.5. The maximum absolute atomic E-state index is 11.8. The first-order valence-electron chi connectivity index (χ1n) is 5.60. The highest BCUT2D eigenvalue weighted by Crippen LogP contribution is 2.19. The van der Waals surface area contributed by atoms with Crippen molar-refractivity contribution in [2.75, 3.05) is 18.9 Å². The molecule has 0 aliphatic heterocycles. The molecule has 1 rings (SSSR count). The van der Waals surface area contributed by atoms with Gasteiger partial charge in [0.1, 0.15) is 0 Å². The maximum atomic E-state index is 11.8. The van der Waals surface area contributed by atoms with Gasteiger partial charge in [-0.25, -0.2) is 0 Å². The lowest BCUT2D eigenvalue weighted by Crippen LogP contribution is -2.35. The van der Waals surface area contributed by atoms with Crippen LogP contribution in [0.3, 0.4) is 0 Å². The third-order valence-electron chi connectivity index (χ3n) is 2.70. The highest BCUT2D eigenvalue weighted by atomic mass is 79.9. The monoisotopic (exact) mass is 309 g/mol. The van der Waals surface area contributed by atoms with Crippen LogP contribution in [0.5, 0.6) is 0 Å². The largest absolute Gasteiger partial charge is 0.325 e. The molecule has 1 unspecified atom stereocenters. The second-order valence-electron chi connectivity index (χ2n) is 4.23. The Hall–Kier alpha value is -1.38. The number of likely N-dealkylation sites (N-methyl/N-ethyl adjacent to an activating group) is 1. The molecule has 18 heavy (non-hydrogen) atoms. The van der Waals surface area contributed by atoms with E-state index in [1.165, 1.54) is 0 Å². The van der Waals surface area contributed by atoms with E-state index in [2.05, 4.69) is 27.3 Å².